The highest BCUT2D eigenvalue weighted by atomic mass is 79.9. The average molecular weight is 1460 g/mol. The number of hydrogen-bond donors (Lipinski definition) is 0. The second kappa shape index (κ2) is 36.1. The Bertz CT molecular complexity index is 4220. The minimum atomic E-state index is 0.137. The van der Waals surface area contributed by atoms with E-state index in [0.29, 0.717) is 79.2 Å². The minimum Gasteiger partial charge on any atom is -0.474 e. The van der Waals surface area contributed by atoms with Crippen molar-refractivity contribution in [3.8, 4) is 103 Å². The summed E-state index contributed by atoms with van der Waals surface area (Å²) in [4.78, 5) is 16.1. The van der Waals surface area contributed by atoms with E-state index in [1.807, 2.05) is 92.4 Å². The molecule has 0 radical (unpaired) electrons. The summed E-state index contributed by atoms with van der Waals surface area (Å²) in [5, 5.41) is 18.2. The van der Waals surface area contributed by atoms with E-state index in [1.54, 1.807) is 19.5 Å². The number of aryl methyl sites for hydroxylation is 5. The monoisotopic (exact) mass is 1450 g/mol. The van der Waals surface area contributed by atoms with Gasteiger partial charge in [-0.05, 0) is 106 Å². The first-order valence-corrected chi connectivity index (χ1v) is 34.3. The molecule has 0 unspecified atom stereocenters. The smallest absolute Gasteiger partial charge is 0.316 e. The number of methoxy groups -OCH3 is 1. The molecule has 0 saturated heterocycles. The SMILES string of the molecule is CC(C)c1c(-c2ccc3c(c2)OCO3)c(OCCOc2ncc(Cl)cn2)nn1C.CC(C)c1onc(OCCOc2ncc(Br)cn2)c1-c1ccc2c(c1)OCO2.CCOCCOc1nn(C)c(C(C)C)c1-c1ccc(C)cc1.COCCOc1nn(C)c(C(C)C)c1-c1ccc(C)cc1. The van der Waals surface area contributed by atoms with Crippen LogP contribution in [0.25, 0.3) is 44.5 Å². The topological polar surface area (TPSA) is 242 Å². The van der Waals surface area contributed by atoms with Crippen LogP contribution >= 0.6 is 27.5 Å². The summed E-state index contributed by atoms with van der Waals surface area (Å²) in [6, 6.07) is 29.1. The molecule has 0 fully saturated rings. The van der Waals surface area contributed by atoms with Crippen molar-refractivity contribution in [1.29, 1.82) is 0 Å². The van der Waals surface area contributed by atoms with E-state index in [4.69, 9.17) is 73.0 Å². The number of ether oxygens (including phenoxy) is 12. The van der Waals surface area contributed by atoms with E-state index in [2.05, 4.69) is 160 Å². The summed E-state index contributed by atoms with van der Waals surface area (Å²) in [6.07, 6.45) is 6.20. The third kappa shape index (κ3) is 19.5. The molecule has 26 heteroatoms. The van der Waals surface area contributed by atoms with Gasteiger partial charge in [0.05, 0.1) is 74.4 Å². The number of halogens is 2. The molecule has 24 nitrogen and oxygen atoms in total. The molecule has 100 heavy (non-hydrogen) atoms. The van der Waals surface area contributed by atoms with Crippen molar-refractivity contribution in [2.75, 3.05) is 80.2 Å². The van der Waals surface area contributed by atoms with Crippen LogP contribution in [-0.2, 0) is 30.6 Å². The maximum absolute atomic E-state index is 5.96. The van der Waals surface area contributed by atoms with E-state index in [0.717, 1.165) is 77.7 Å². The molecule has 0 amide bonds. The zero-order chi connectivity index (χ0) is 71.4. The van der Waals surface area contributed by atoms with Gasteiger partial charge in [0.15, 0.2) is 28.8 Å². The average Bonchev–Trinajstić information content (AvgIpc) is 1.65. The molecule has 10 aromatic rings. The van der Waals surface area contributed by atoms with Gasteiger partial charge in [0.1, 0.15) is 39.6 Å². The Labute approximate surface area is 597 Å². The van der Waals surface area contributed by atoms with Crippen molar-refractivity contribution < 1.29 is 61.4 Å². The first-order valence-electron chi connectivity index (χ1n) is 33.2. The Hall–Kier alpha value is -9.43. The minimum absolute atomic E-state index is 0.137. The van der Waals surface area contributed by atoms with Crippen LogP contribution in [0.1, 0.15) is 120 Å². The lowest BCUT2D eigenvalue weighted by atomic mass is 9.98. The predicted molar refractivity (Wildman–Crippen MR) is 384 cm³/mol. The molecule has 0 bridgehead atoms. The molecule has 0 spiro atoms. The van der Waals surface area contributed by atoms with Crippen molar-refractivity contribution in [2.45, 2.75) is 99.8 Å². The van der Waals surface area contributed by atoms with Crippen molar-refractivity contribution >= 4 is 27.5 Å². The maximum atomic E-state index is 5.96. The number of hydrogen-bond acceptors (Lipinski definition) is 21. The van der Waals surface area contributed by atoms with Gasteiger partial charge in [-0.3, -0.25) is 14.0 Å². The Morgan fingerprint density at radius 2 is 0.820 bits per heavy atom. The number of benzene rings is 4. The molecular weight excluding hydrogens is 1370 g/mol. The van der Waals surface area contributed by atoms with E-state index in [9.17, 15) is 0 Å². The summed E-state index contributed by atoms with van der Waals surface area (Å²) < 4.78 is 78.7. The highest BCUT2D eigenvalue weighted by Crippen LogP contribution is 2.45. The molecule has 532 valence electrons. The van der Waals surface area contributed by atoms with Crippen LogP contribution in [0, 0.1) is 13.8 Å². The Morgan fingerprint density at radius 1 is 0.450 bits per heavy atom. The van der Waals surface area contributed by atoms with Crippen molar-refractivity contribution in [2.24, 2.45) is 21.1 Å². The van der Waals surface area contributed by atoms with E-state index in [1.165, 1.54) is 34.9 Å². The second-order valence-electron chi connectivity index (χ2n) is 24.4. The molecule has 2 aliphatic heterocycles. The molecule has 0 atom stereocenters. The molecule has 2 aliphatic rings. The van der Waals surface area contributed by atoms with Crippen molar-refractivity contribution in [3.05, 3.63) is 153 Å². The largest absolute Gasteiger partial charge is 0.474 e. The molecule has 6 aromatic heterocycles. The summed E-state index contributed by atoms with van der Waals surface area (Å²) in [7, 11) is 7.53. The first kappa shape index (κ1) is 74.8. The third-order valence-electron chi connectivity index (χ3n) is 15.5. The van der Waals surface area contributed by atoms with Crippen LogP contribution in [-0.4, -0.2) is 135 Å². The Kier molecular flexibility index (Phi) is 27.0. The highest BCUT2D eigenvalue weighted by molar-refractivity contribution is 9.10. The summed E-state index contributed by atoms with van der Waals surface area (Å²) >= 11 is 9.05. The summed E-state index contributed by atoms with van der Waals surface area (Å²) in [6.45, 7) is 27.6. The molecule has 8 heterocycles. The lowest BCUT2D eigenvalue weighted by Crippen LogP contribution is -2.11. The molecule has 0 N–H and O–H groups in total. The van der Waals surface area contributed by atoms with Gasteiger partial charge < -0.3 is 61.4 Å². The maximum Gasteiger partial charge on any atom is 0.316 e. The van der Waals surface area contributed by atoms with Crippen LogP contribution in [0.15, 0.2) is 119 Å². The fraction of sp³-hybridized carbons (Fsp3) is 0.405. The third-order valence-corrected chi connectivity index (χ3v) is 16.1. The van der Waals surface area contributed by atoms with Crippen molar-refractivity contribution in [3.63, 3.8) is 0 Å². The van der Waals surface area contributed by atoms with Gasteiger partial charge in [-0.15, -0.1) is 15.3 Å². The zero-order valence-corrected chi connectivity index (χ0v) is 61.8. The predicted octanol–water partition coefficient (Wildman–Crippen LogP) is 15.5. The van der Waals surface area contributed by atoms with Gasteiger partial charge >= 0.3 is 12.0 Å². The molecule has 0 saturated carbocycles. The number of fused-ring (bicyclic) bond motifs is 2. The molecule has 12 rings (SSSR count). The van der Waals surface area contributed by atoms with Gasteiger partial charge in [0.25, 0.3) is 5.88 Å². The fourth-order valence-corrected chi connectivity index (χ4v) is 11.4. The number of aromatic nitrogens is 11. The summed E-state index contributed by atoms with van der Waals surface area (Å²) in [5.41, 5.74) is 14.0. The van der Waals surface area contributed by atoms with Gasteiger partial charge in [-0.25, -0.2) is 19.9 Å². The van der Waals surface area contributed by atoms with Crippen LogP contribution in [0.3, 0.4) is 0 Å². The van der Waals surface area contributed by atoms with E-state index < -0.39 is 0 Å². The normalized spacial score (nSPS) is 11.9. The van der Waals surface area contributed by atoms with E-state index in [-0.39, 0.29) is 63.9 Å². The van der Waals surface area contributed by atoms with Crippen LogP contribution in [0.4, 0.5) is 0 Å². The first-order chi connectivity index (χ1) is 48.2. The second-order valence-corrected chi connectivity index (χ2v) is 25.8. The molecular formula is C74H89BrClN11O13. The molecule has 0 aliphatic carbocycles. The van der Waals surface area contributed by atoms with Crippen LogP contribution < -0.4 is 47.4 Å². The standard InChI is InChI=1S/C20H21ClN4O4.C19H18BrN3O5.C18H26N2O2.C17H24N2O2/c1-12(2)18-17(13-4-5-15-16(8-13)29-11-28-15)19(24-25(18)3)26-6-7-27-20-22-9-14(21)10-23-20;1-11(2)17-16(12-3-4-14-15(7-12)27-10-26-14)18(23-28-17)24-5-6-25-19-21-8-13(20)9-22-19;1-6-21-11-12-22-18-16(15-9-7-14(4)8-10-15)17(13(2)3)20(5)19-18;1-12(2)16-15(14-8-6-13(3)7-9-14)17(18-19(16)4)21-11-10-20-5/h4-5,8-10,12H,6-7,11H2,1-3H3;3-4,7-9,11H,5-6,10H2,1-2H3;7-10,13H,6,11-12H2,1-5H3;6-9,12H,10-11H2,1-5H3. The van der Waals surface area contributed by atoms with Gasteiger partial charge in [0.2, 0.25) is 31.2 Å². The fourth-order valence-electron chi connectivity index (χ4n) is 11.1. The lowest BCUT2D eigenvalue weighted by Gasteiger charge is -2.11. The number of rotatable bonds is 27. The molecule has 4 aromatic carbocycles. The Balaban J connectivity index is 0.000000157. The van der Waals surface area contributed by atoms with E-state index >= 15 is 0 Å². The quantitative estimate of drug-likeness (QED) is 0.0434. The van der Waals surface area contributed by atoms with Gasteiger partial charge in [0, 0.05) is 53.2 Å². The van der Waals surface area contributed by atoms with Crippen molar-refractivity contribution in [1.82, 2.24) is 54.4 Å². The number of nitrogens with zero attached hydrogens (tertiary/aromatic N) is 11. The lowest BCUT2D eigenvalue weighted by molar-refractivity contribution is 0.108. The van der Waals surface area contributed by atoms with Gasteiger partial charge in [-0.2, -0.15) is 0 Å². The summed E-state index contributed by atoms with van der Waals surface area (Å²) in [5.74, 6) is 7.06. The van der Waals surface area contributed by atoms with Crippen LogP contribution in [0.5, 0.6) is 58.5 Å². The zero-order valence-electron chi connectivity index (χ0n) is 59.5. The van der Waals surface area contributed by atoms with Gasteiger partial charge in [-0.1, -0.05) is 139 Å². The highest BCUT2D eigenvalue weighted by Gasteiger charge is 2.28. The van der Waals surface area contributed by atoms with Crippen LogP contribution in [0.2, 0.25) is 5.02 Å². The Morgan fingerprint density at radius 3 is 1.24 bits per heavy atom.